The maximum atomic E-state index is 14.4. The van der Waals surface area contributed by atoms with Crippen LogP contribution in [0.5, 0.6) is 11.5 Å². The normalized spacial score (nSPS) is 12.6. The second kappa shape index (κ2) is 7.83. The van der Waals surface area contributed by atoms with E-state index in [0.29, 0.717) is 17.9 Å². The molecule has 0 saturated heterocycles. The van der Waals surface area contributed by atoms with Crippen molar-refractivity contribution in [3.8, 4) is 22.8 Å². The van der Waals surface area contributed by atoms with E-state index >= 15 is 0 Å². The molecule has 0 fully saturated rings. The van der Waals surface area contributed by atoms with Gasteiger partial charge in [-0.2, -0.15) is 0 Å². The minimum atomic E-state index is -4.04. The third-order valence-electron chi connectivity index (χ3n) is 4.27. The molecule has 0 radical (unpaired) electrons. The third-order valence-corrected chi connectivity index (χ3v) is 5.97. The molecule has 28 heavy (non-hydrogen) atoms. The number of nitrogens with zero attached hydrogens (tertiary/aromatic N) is 1. The quantitative estimate of drug-likeness (QED) is 0.679. The Morgan fingerprint density at radius 2 is 1.93 bits per heavy atom. The fourth-order valence-corrected chi connectivity index (χ4v) is 4.61. The molecule has 1 aromatic heterocycles. The van der Waals surface area contributed by atoms with Gasteiger partial charge >= 0.3 is 0 Å². The van der Waals surface area contributed by atoms with Crippen molar-refractivity contribution in [2.24, 2.45) is 0 Å². The summed E-state index contributed by atoms with van der Waals surface area (Å²) in [6, 6.07) is 12.4. The van der Waals surface area contributed by atoms with Crippen LogP contribution in [0.4, 0.5) is 4.39 Å². The number of hydrogen-bond acceptors (Lipinski definition) is 5. The summed E-state index contributed by atoms with van der Waals surface area (Å²) in [6.07, 6.45) is 1.49. The van der Waals surface area contributed by atoms with Crippen LogP contribution in [0.2, 0.25) is 0 Å². The van der Waals surface area contributed by atoms with E-state index in [4.69, 9.17) is 9.47 Å². The highest BCUT2D eigenvalue weighted by Gasteiger charge is 2.30. The average Bonchev–Trinajstić information content (AvgIpc) is 3.29. The summed E-state index contributed by atoms with van der Waals surface area (Å²) in [7, 11) is -2.29. The molecule has 0 atom stereocenters. The Balaban J connectivity index is 0.00000225. The number of benzene rings is 2. The molecule has 1 aliphatic rings. The molecule has 6 nitrogen and oxygen atoms in total. The number of para-hydroxylation sites is 1. The van der Waals surface area contributed by atoms with Crippen molar-refractivity contribution in [3.63, 3.8) is 0 Å². The SMILES string of the molecule is CNCc1cc(-c2ccccc2F)n(S(=O)(=O)c2cccc3c2OCO3)c1.Cl. The number of aromatic nitrogens is 1. The van der Waals surface area contributed by atoms with Crippen molar-refractivity contribution >= 4 is 22.4 Å². The Labute approximate surface area is 168 Å². The van der Waals surface area contributed by atoms with Crippen LogP contribution in [0.1, 0.15) is 5.56 Å². The predicted molar refractivity (Wildman–Crippen MR) is 105 cm³/mol. The molecule has 0 amide bonds. The van der Waals surface area contributed by atoms with E-state index in [1.807, 2.05) is 0 Å². The first-order chi connectivity index (χ1) is 13.0. The van der Waals surface area contributed by atoms with E-state index in [1.54, 1.807) is 43.4 Å². The predicted octanol–water partition coefficient (Wildman–Crippen LogP) is 3.40. The maximum absolute atomic E-state index is 14.4. The zero-order valence-electron chi connectivity index (χ0n) is 14.9. The molecule has 2 aromatic carbocycles. The van der Waals surface area contributed by atoms with E-state index in [0.717, 1.165) is 3.97 Å². The molecule has 0 unspecified atom stereocenters. The Morgan fingerprint density at radius 1 is 1.14 bits per heavy atom. The van der Waals surface area contributed by atoms with Crippen LogP contribution in [0, 0.1) is 5.82 Å². The number of hydrogen-bond donors (Lipinski definition) is 1. The van der Waals surface area contributed by atoms with E-state index in [2.05, 4.69) is 5.32 Å². The summed E-state index contributed by atoms with van der Waals surface area (Å²) < 4.78 is 52.9. The van der Waals surface area contributed by atoms with Gasteiger partial charge in [0.25, 0.3) is 10.0 Å². The molecule has 3 aromatic rings. The van der Waals surface area contributed by atoms with Crippen molar-refractivity contribution in [3.05, 3.63) is 66.1 Å². The number of nitrogens with one attached hydrogen (secondary N) is 1. The summed E-state index contributed by atoms with van der Waals surface area (Å²) >= 11 is 0. The first-order valence-corrected chi connectivity index (χ1v) is 9.71. The lowest BCUT2D eigenvalue weighted by atomic mass is 10.1. The van der Waals surface area contributed by atoms with E-state index < -0.39 is 15.8 Å². The second-order valence-electron chi connectivity index (χ2n) is 6.03. The smallest absolute Gasteiger partial charge is 0.272 e. The molecule has 9 heteroatoms. The Morgan fingerprint density at radius 3 is 2.68 bits per heavy atom. The van der Waals surface area contributed by atoms with E-state index in [-0.39, 0.29) is 41.1 Å². The molecular formula is C19H18ClFN2O4S. The number of ether oxygens (including phenoxy) is 2. The molecule has 2 heterocycles. The minimum Gasteiger partial charge on any atom is -0.454 e. The molecule has 0 bridgehead atoms. The molecule has 1 aliphatic heterocycles. The highest BCUT2D eigenvalue weighted by molar-refractivity contribution is 7.90. The van der Waals surface area contributed by atoms with Crippen molar-refractivity contribution in [1.82, 2.24) is 9.29 Å². The van der Waals surface area contributed by atoms with E-state index in [9.17, 15) is 12.8 Å². The van der Waals surface area contributed by atoms with Crippen molar-refractivity contribution in [2.75, 3.05) is 13.8 Å². The van der Waals surface area contributed by atoms with Gasteiger partial charge in [0.05, 0.1) is 5.69 Å². The number of fused-ring (bicyclic) bond motifs is 1. The summed E-state index contributed by atoms with van der Waals surface area (Å²) in [5, 5.41) is 2.98. The summed E-state index contributed by atoms with van der Waals surface area (Å²) in [6.45, 7) is 0.398. The van der Waals surface area contributed by atoms with E-state index in [1.165, 1.54) is 18.3 Å². The molecule has 4 rings (SSSR count). The molecule has 148 valence electrons. The molecule has 0 spiro atoms. The van der Waals surface area contributed by atoms with Crippen LogP contribution < -0.4 is 14.8 Å². The van der Waals surface area contributed by atoms with Crippen LogP contribution in [0.25, 0.3) is 11.3 Å². The standard InChI is InChI=1S/C19H17FN2O4S.ClH/c1-21-10-13-9-16(14-5-2-3-6-15(14)20)22(11-13)27(23,24)18-8-4-7-17-19(18)26-12-25-17;/h2-9,11,21H,10,12H2,1H3;1H. The fraction of sp³-hybridized carbons (Fsp3) is 0.158. The van der Waals surface area contributed by atoms with Crippen LogP contribution in [-0.4, -0.2) is 26.2 Å². The first-order valence-electron chi connectivity index (χ1n) is 8.27. The lowest BCUT2D eigenvalue weighted by molar-refractivity contribution is 0.172. The molecule has 0 saturated carbocycles. The zero-order chi connectivity index (χ0) is 19.0. The second-order valence-corrected chi connectivity index (χ2v) is 7.82. The molecule has 0 aliphatic carbocycles. The van der Waals surface area contributed by atoms with Gasteiger partial charge in [0.2, 0.25) is 6.79 Å². The van der Waals surface area contributed by atoms with Gasteiger partial charge in [-0.05, 0) is 42.9 Å². The molecular weight excluding hydrogens is 407 g/mol. The van der Waals surface area contributed by atoms with Gasteiger partial charge in [-0.15, -0.1) is 12.4 Å². The fourth-order valence-electron chi connectivity index (χ4n) is 3.07. The van der Waals surface area contributed by atoms with Crippen molar-refractivity contribution < 1.29 is 22.3 Å². The Hall–Kier alpha value is -2.55. The monoisotopic (exact) mass is 424 g/mol. The van der Waals surface area contributed by atoms with Crippen molar-refractivity contribution in [1.29, 1.82) is 0 Å². The van der Waals surface area contributed by atoms with Crippen LogP contribution in [0.3, 0.4) is 0 Å². The van der Waals surface area contributed by atoms with Gasteiger partial charge in [-0.25, -0.2) is 16.8 Å². The Bertz CT molecular complexity index is 1110. The summed E-state index contributed by atoms with van der Waals surface area (Å²) in [5.41, 5.74) is 1.16. The highest BCUT2D eigenvalue weighted by atomic mass is 35.5. The zero-order valence-corrected chi connectivity index (χ0v) is 16.5. The molecule has 1 N–H and O–H groups in total. The average molecular weight is 425 g/mol. The van der Waals surface area contributed by atoms with Gasteiger partial charge in [-0.1, -0.05) is 18.2 Å². The van der Waals surface area contributed by atoms with Gasteiger partial charge < -0.3 is 14.8 Å². The van der Waals surface area contributed by atoms with Gasteiger partial charge in [-0.3, -0.25) is 0 Å². The van der Waals surface area contributed by atoms with Crippen LogP contribution in [-0.2, 0) is 16.6 Å². The third kappa shape index (κ3) is 3.34. The van der Waals surface area contributed by atoms with Gasteiger partial charge in [0, 0.05) is 18.3 Å². The summed E-state index contributed by atoms with van der Waals surface area (Å²) in [5.74, 6) is 0.0351. The highest BCUT2D eigenvalue weighted by Crippen LogP contribution is 2.40. The number of halogens is 2. The van der Waals surface area contributed by atoms with Gasteiger partial charge in [0.1, 0.15) is 10.7 Å². The maximum Gasteiger partial charge on any atom is 0.272 e. The first kappa shape index (κ1) is 20.2. The van der Waals surface area contributed by atoms with Gasteiger partial charge in [0.15, 0.2) is 11.5 Å². The number of rotatable bonds is 5. The van der Waals surface area contributed by atoms with Crippen LogP contribution >= 0.6 is 12.4 Å². The lowest BCUT2D eigenvalue weighted by Gasteiger charge is -2.12. The van der Waals surface area contributed by atoms with Crippen molar-refractivity contribution in [2.45, 2.75) is 11.4 Å². The van der Waals surface area contributed by atoms with Crippen LogP contribution in [0.15, 0.2) is 59.6 Å². The summed E-state index contributed by atoms with van der Waals surface area (Å²) in [4.78, 5) is -0.0262. The largest absolute Gasteiger partial charge is 0.454 e. The Kier molecular flexibility index (Phi) is 5.64. The lowest BCUT2D eigenvalue weighted by Crippen LogP contribution is -2.14. The minimum absolute atomic E-state index is 0. The topological polar surface area (TPSA) is 69.6 Å².